The Balaban J connectivity index is 1.85. The van der Waals surface area contributed by atoms with Crippen molar-refractivity contribution in [1.29, 1.82) is 0 Å². The summed E-state index contributed by atoms with van der Waals surface area (Å²) in [5.41, 5.74) is 3.86. The van der Waals surface area contributed by atoms with Crippen molar-refractivity contribution in [1.82, 2.24) is 9.55 Å². The lowest BCUT2D eigenvalue weighted by molar-refractivity contribution is 0.342. The van der Waals surface area contributed by atoms with Gasteiger partial charge in [0.05, 0.1) is 22.9 Å². The quantitative estimate of drug-likeness (QED) is 0.193. The lowest BCUT2D eigenvalue weighted by atomic mass is 10.0. The van der Waals surface area contributed by atoms with Gasteiger partial charge < -0.3 is 18.5 Å². The Bertz CT molecular complexity index is 1920. The largest absolute Gasteiger partial charge is 0.493 e. The highest BCUT2D eigenvalue weighted by atomic mass is 32.3. The van der Waals surface area contributed by atoms with E-state index in [-0.39, 0.29) is 11.2 Å². The summed E-state index contributed by atoms with van der Waals surface area (Å²) in [6.07, 6.45) is 7.41. The maximum Gasteiger partial charge on any atom is 0.488 e. The molecular weight excluding hydrogens is 507 g/mol. The molecule has 0 amide bonds. The predicted molar refractivity (Wildman–Crippen MR) is 148 cm³/mol. The van der Waals surface area contributed by atoms with Gasteiger partial charge in [0.25, 0.3) is 0 Å². The van der Waals surface area contributed by atoms with Gasteiger partial charge >= 0.3 is 10.5 Å². The molecule has 7 nitrogen and oxygen atoms in total. The summed E-state index contributed by atoms with van der Waals surface area (Å²) in [6, 6.07) is 15.1. The van der Waals surface area contributed by atoms with Crippen LogP contribution >= 0.6 is 0 Å². The van der Waals surface area contributed by atoms with Gasteiger partial charge in [0.2, 0.25) is 0 Å². The van der Waals surface area contributed by atoms with Crippen LogP contribution in [-0.4, -0.2) is 24.6 Å². The number of halogens is 1. The lowest BCUT2D eigenvalue weighted by Gasteiger charge is -2.17. The Labute approximate surface area is 219 Å². The van der Waals surface area contributed by atoms with Crippen LogP contribution in [-0.2, 0) is 17.0 Å². The highest BCUT2D eigenvalue weighted by Gasteiger charge is 2.20. The summed E-state index contributed by atoms with van der Waals surface area (Å²) in [6.45, 7) is 4.90. The third-order valence-electron chi connectivity index (χ3n) is 6.45. The summed E-state index contributed by atoms with van der Waals surface area (Å²) in [5, 5.41) is 1.85. The number of benzene rings is 3. The van der Waals surface area contributed by atoms with Crippen LogP contribution in [0, 0.1) is 12.3 Å². The summed E-state index contributed by atoms with van der Waals surface area (Å²) < 4.78 is 47.7. The van der Waals surface area contributed by atoms with E-state index in [1.165, 1.54) is 12.1 Å². The van der Waals surface area contributed by atoms with Crippen LogP contribution in [0.5, 0.6) is 11.5 Å². The molecule has 5 aromatic rings. The van der Waals surface area contributed by atoms with Gasteiger partial charge in [-0.15, -0.1) is 6.42 Å². The van der Waals surface area contributed by atoms with E-state index in [0.717, 1.165) is 23.7 Å². The second kappa shape index (κ2) is 9.88. The number of pyridine rings is 1. The molecule has 0 unspecified atom stereocenters. The topological polar surface area (TPSA) is 90.4 Å². The molecule has 0 aliphatic carbocycles. The molecule has 0 radical (unpaired) electrons. The first-order valence-electron chi connectivity index (χ1n) is 12.2. The number of fused-ring (bicyclic) bond motifs is 4. The Morgan fingerprint density at radius 1 is 1.08 bits per heavy atom. The Morgan fingerprint density at radius 3 is 2.61 bits per heavy atom. The number of unbranched alkanes of at least 4 members (excludes halogenated alkanes) is 1. The van der Waals surface area contributed by atoms with Crippen molar-refractivity contribution in [3.8, 4) is 35.0 Å². The fraction of sp³-hybridized carbons (Fsp3) is 0.207. The average molecular weight is 533 g/mol. The molecule has 0 saturated heterocycles. The first-order chi connectivity index (χ1) is 18.2. The maximum absolute atomic E-state index is 13.9. The number of nitrogens with zero attached hydrogens (tertiary/aromatic N) is 1. The highest BCUT2D eigenvalue weighted by Crippen LogP contribution is 2.37. The van der Waals surface area contributed by atoms with Gasteiger partial charge in [0.15, 0.2) is 5.43 Å². The molecule has 0 spiro atoms. The smallest absolute Gasteiger partial charge is 0.488 e. The molecule has 1 N–H and O–H groups in total. The number of hydrogen-bond donors (Lipinski definition) is 1. The van der Waals surface area contributed by atoms with Crippen molar-refractivity contribution < 1.29 is 21.2 Å². The highest BCUT2D eigenvalue weighted by molar-refractivity contribution is 7.81. The fourth-order valence-corrected chi connectivity index (χ4v) is 5.15. The number of rotatable bonds is 8. The minimum atomic E-state index is -5.19. The van der Waals surface area contributed by atoms with E-state index in [4.69, 9.17) is 11.2 Å². The lowest BCUT2D eigenvalue weighted by Crippen LogP contribution is -2.12. The van der Waals surface area contributed by atoms with E-state index >= 15 is 0 Å². The molecule has 3 aromatic carbocycles. The van der Waals surface area contributed by atoms with Gasteiger partial charge in [-0.25, -0.2) is 0 Å². The van der Waals surface area contributed by atoms with E-state index in [2.05, 4.69) is 26.6 Å². The number of nitrogens with one attached hydrogen (secondary N) is 1. The number of hydrogen-bond acceptors (Lipinski definition) is 5. The van der Waals surface area contributed by atoms with Crippen LogP contribution in [0.15, 0.2) is 59.4 Å². The fourth-order valence-electron chi connectivity index (χ4n) is 4.81. The van der Waals surface area contributed by atoms with Crippen molar-refractivity contribution in [3.05, 3.63) is 70.4 Å². The minimum absolute atomic E-state index is 0.143. The molecule has 38 heavy (non-hydrogen) atoms. The van der Waals surface area contributed by atoms with Crippen LogP contribution < -0.4 is 14.3 Å². The molecule has 5 rings (SSSR count). The normalized spacial score (nSPS) is 11.7. The number of aryl methyl sites for hydroxylation is 1. The summed E-state index contributed by atoms with van der Waals surface area (Å²) in [5.74, 6) is 2.90. The second-order valence-corrected chi connectivity index (χ2v) is 9.84. The van der Waals surface area contributed by atoms with Crippen molar-refractivity contribution >= 4 is 43.3 Å². The summed E-state index contributed by atoms with van der Waals surface area (Å²) in [7, 11) is -5.19. The number of terminal acetylenes is 1. The van der Waals surface area contributed by atoms with Gasteiger partial charge in [0.1, 0.15) is 17.1 Å². The molecule has 0 fully saturated rings. The molecule has 9 heteroatoms. The van der Waals surface area contributed by atoms with E-state index < -0.39 is 10.5 Å². The van der Waals surface area contributed by atoms with Crippen LogP contribution in [0.1, 0.15) is 32.3 Å². The number of aromatic amines is 1. The van der Waals surface area contributed by atoms with Crippen LogP contribution in [0.2, 0.25) is 0 Å². The molecule has 0 aliphatic heterocycles. The number of H-pyrrole nitrogens is 1. The van der Waals surface area contributed by atoms with E-state index in [0.29, 0.717) is 57.5 Å². The van der Waals surface area contributed by atoms with Crippen molar-refractivity contribution in [2.75, 3.05) is 6.61 Å². The molecule has 0 aliphatic rings. The molecule has 0 saturated carbocycles. The number of aromatic nitrogens is 2. The van der Waals surface area contributed by atoms with E-state index in [1.807, 2.05) is 31.2 Å². The van der Waals surface area contributed by atoms with Gasteiger partial charge in [-0.05, 0) is 55.3 Å². The van der Waals surface area contributed by atoms with Crippen LogP contribution in [0.3, 0.4) is 0 Å². The predicted octanol–water partition coefficient (Wildman–Crippen LogP) is 6.08. The van der Waals surface area contributed by atoms with E-state index in [1.54, 1.807) is 18.2 Å². The molecule has 0 bridgehead atoms. The van der Waals surface area contributed by atoms with Crippen molar-refractivity contribution in [2.45, 2.75) is 33.2 Å². The zero-order valence-corrected chi connectivity index (χ0v) is 21.7. The molecule has 194 valence electrons. The van der Waals surface area contributed by atoms with Gasteiger partial charge in [0, 0.05) is 28.6 Å². The maximum atomic E-state index is 13.9. The average Bonchev–Trinajstić information content (AvgIpc) is 3.26. The van der Waals surface area contributed by atoms with Crippen molar-refractivity contribution in [2.24, 2.45) is 0 Å². The molecule has 2 aromatic heterocycles. The Morgan fingerprint density at radius 2 is 1.89 bits per heavy atom. The SMILES string of the molecule is C#Cc1ccc2c(c1)[nH]c1c2c(=O)c2cc(OCC)c(-c3cccc(OS(=O)(=O)F)c3)cc2n1CCCC. The number of ether oxygens (including phenoxy) is 1. The van der Waals surface area contributed by atoms with E-state index in [9.17, 15) is 17.1 Å². The standard InChI is InChI=1S/C29H25FN2O5S/c1-4-7-13-32-25-16-22(19-9-8-10-20(15-19)37-38(30,34)35)26(36-6-3)17-23(25)28(33)27-21-12-11-18(5-2)14-24(21)31-29(27)32/h2,8-12,14-17,31H,4,6-7,13H2,1,3H3. The third-order valence-corrected chi connectivity index (χ3v) is 6.84. The van der Waals surface area contributed by atoms with Gasteiger partial charge in [-0.1, -0.05) is 41.3 Å². The molecular formula is C29H25FN2O5S. The molecule has 2 heterocycles. The van der Waals surface area contributed by atoms with Crippen LogP contribution in [0.4, 0.5) is 3.89 Å². The first kappa shape index (κ1) is 25.4. The summed E-state index contributed by atoms with van der Waals surface area (Å²) >= 11 is 0. The third kappa shape index (κ3) is 4.59. The van der Waals surface area contributed by atoms with Gasteiger partial charge in [-0.2, -0.15) is 8.42 Å². The minimum Gasteiger partial charge on any atom is -0.493 e. The Hall–Kier alpha value is -4.29. The summed E-state index contributed by atoms with van der Waals surface area (Å²) in [4.78, 5) is 17.3. The second-order valence-electron chi connectivity index (χ2n) is 8.89. The zero-order valence-electron chi connectivity index (χ0n) is 20.9. The van der Waals surface area contributed by atoms with Crippen LogP contribution in [0.25, 0.3) is 44.0 Å². The molecule has 0 atom stereocenters. The zero-order chi connectivity index (χ0) is 27.0. The first-order valence-corrected chi connectivity index (χ1v) is 13.5. The Kier molecular flexibility index (Phi) is 6.59. The van der Waals surface area contributed by atoms with Crippen molar-refractivity contribution in [3.63, 3.8) is 0 Å². The monoisotopic (exact) mass is 532 g/mol. The van der Waals surface area contributed by atoms with Gasteiger partial charge in [-0.3, -0.25) is 4.79 Å².